The number of hydrogen-bond donors (Lipinski definition) is 2. The molecule has 0 fully saturated rings. The minimum atomic E-state index is -0.106. The van der Waals surface area contributed by atoms with Gasteiger partial charge in [0, 0.05) is 12.5 Å². The van der Waals surface area contributed by atoms with Crippen molar-refractivity contribution >= 4 is 5.91 Å². The first kappa shape index (κ1) is 12.8. The van der Waals surface area contributed by atoms with Crippen molar-refractivity contribution in [1.29, 1.82) is 0 Å². The van der Waals surface area contributed by atoms with Gasteiger partial charge in [-0.05, 0) is 32.4 Å². The van der Waals surface area contributed by atoms with Gasteiger partial charge in [-0.15, -0.1) is 0 Å². The second-order valence-corrected chi connectivity index (χ2v) is 4.11. The molecule has 4 heteroatoms. The van der Waals surface area contributed by atoms with Crippen LogP contribution in [0.4, 0.5) is 0 Å². The van der Waals surface area contributed by atoms with Crippen LogP contribution in [0.5, 0.6) is 0 Å². The van der Waals surface area contributed by atoms with Gasteiger partial charge in [0.1, 0.15) is 11.5 Å². The lowest BCUT2D eigenvalue weighted by Crippen LogP contribution is -2.32. The molecule has 4 nitrogen and oxygen atoms in total. The molecular formula is C12H20N2O2. The van der Waals surface area contributed by atoms with Crippen LogP contribution in [0.15, 0.2) is 16.5 Å². The lowest BCUT2D eigenvalue weighted by molar-refractivity contribution is -0.122. The standard InChI is InChI=1S/C12H20N2O2/c1-4-10(13)7-12(15)14-9(3)11-6-5-8(2)16-11/h5-6,9-10H,4,7,13H2,1-3H3,(H,14,15). The van der Waals surface area contributed by atoms with Gasteiger partial charge in [0.15, 0.2) is 0 Å². The van der Waals surface area contributed by atoms with Crippen LogP contribution in [0.1, 0.15) is 44.3 Å². The van der Waals surface area contributed by atoms with Crippen LogP contribution < -0.4 is 11.1 Å². The zero-order chi connectivity index (χ0) is 12.1. The van der Waals surface area contributed by atoms with Gasteiger partial charge in [0.05, 0.1) is 6.04 Å². The molecule has 2 unspecified atom stereocenters. The van der Waals surface area contributed by atoms with E-state index in [0.29, 0.717) is 6.42 Å². The van der Waals surface area contributed by atoms with Crippen molar-refractivity contribution in [3.05, 3.63) is 23.7 Å². The predicted octanol–water partition coefficient (Wildman–Crippen LogP) is 1.89. The van der Waals surface area contributed by atoms with E-state index in [2.05, 4.69) is 5.32 Å². The molecule has 3 N–H and O–H groups in total. The smallest absolute Gasteiger partial charge is 0.222 e. The Bertz CT molecular complexity index is 347. The summed E-state index contributed by atoms with van der Waals surface area (Å²) in [5, 5.41) is 2.86. The Labute approximate surface area is 96.2 Å². The molecule has 0 radical (unpaired) electrons. The van der Waals surface area contributed by atoms with E-state index in [0.717, 1.165) is 17.9 Å². The Balaban J connectivity index is 2.45. The summed E-state index contributed by atoms with van der Waals surface area (Å²) in [5.74, 6) is 1.59. The second-order valence-electron chi connectivity index (χ2n) is 4.11. The van der Waals surface area contributed by atoms with Crippen molar-refractivity contribution < 1.29 is 9.21 Å². The largest absolute Gasteiger partial charge is 0.464 e. The van der Waals surface area contributed by atoms with E-state index in [4.69, 9.17) is 10.2 Å². The number of furan rings is 1. The lowest BCUT2D eigenvalue weighted by Gasteiger charge is -2.13. The highest BCUT2D eigenvalue weighted by molar-refractivity contribution is 5.76. The molecule has 16 heavy (non-hydrogen) atoms. The molecule has 0 aromatic carbocycles. The van der Waals surface area contributed by atoms with E-state index < -0.39 is 0 Å². The third-order valence-corrected chi connectivity index (χ3v) is 2.54. The third-order valence-electron chi connectivity index (χ3n) is 2.54. The van der Waals surface area contributed by atoms with Crippen molar-refractivity contribution in [2.45, 2.75) is 45.7 Å². The molecule has 90 valence electrons. The minimum absolute atomic E-state index is 0.0316. The van der Waals surface area contributed by atoms with Crippen molar-refractivity contribution in [2.75, 3.05) is 0 Å². The van der Waals surface area contributed by atoms with Crippen LogP contribution in [0.25, 0.3) is 0 Å². The maximum atomic E-state index is 11.6. The fraction of sp³-hybridized carbons (Fsp3) is 0.583. The third kappa shape index (κ3) is 3.70. The van der Waals surface area contributed by atoms with E-state index in [-0.39, 0.29) is 18.0 Å². The van der Waals surface area contributed by atoms with Crippen molar-refractivity contribution in [3.63, 3.8) is 0 Å². The molecule has 0 saturated carbocycles. The number of carbonyl (C=O) groups is 1. The van der Waals surface area contributed by atoms with Gasteiger partial charge in [0.2, 0.25) is 5.91 Å². The summed E-state index contributed by atoms with van der Waals surface area (Å²) in [6.45, 7) is 5.75. The summed E-state index contributed by atoms with van der Waals surface area (Å²) in [7, 11) is 0. The molecule has 0 bridgehead atoms. The van der Waals surface area contributed by atoms with Gasteiger partial charge in [-0.3, -0.25) is 4.79 Å². The number of nitrogens with two attached hydrogens (primary N) is 1. The molecule has 1 aromatic heterocycles. The van der Waals surface area contributed by atoms with E-state index in [1.165, 1.54) is 0 Å². The second kappa shape index (κ2) is 5.70. The van der Waals surface area contributed by atoms with Crippen molar-refractivity contribution in [3.8, 4) is 0 Å². The Kier molecular flexibility index (Phi) is 4.55. The summed E-state index contributed by atoms with van der Waals surface area (Å²) in [6.07, 6.45) is 1.17. The fourth-order valence-corrected chi connectivity index (χ4v) is 1.44. The van der Waals surface area contributed by atoms with Crippen LogP contribution in [-0.2, 0) is 4.79 Å². The average molecular weight is 224 g/mol. The zero-order valence-electron chi connectivity index (χ0n) is 10.1. The highest BCUT2D eigenvalue weighted by Crippen LogP contribution is 2.15. The van der Waals surface area contributed by atoms with Crippen LogP contribution >= 0.6 is 0 Å². The highest BCUT2D eigenvalue weighted by Gasteiger charge is 2.14. The van der Waals surface area contributed by atoms with E-state index in [1.54, 1.807) is 0 Å². The molecule has 1 heterocycles. The van der Waals surface area contributed by atoms with Gasteiger partial charge in [-0.25, -0.2) is 0 Å². The molecule has 0 aliphatic rings. The Morgan fingerprint density at radius 1 is 1.56 bits per heavy atom. The fourth-order valence-electron chi connectivity index (χ4n) is 1.44. The minimum Gasteiger partial charge on any atom is -0.464 e. The van der Waals surface area contributed by atoms with Crippen LogP contribution in [0.3, 0.4) is 0 Å². The maximum Gasteiger partial charge on any atom is 0.222 e. The maximum absolute atomic E-state index is 11.6. The number of amides is 1. The molecule has 1 aromatic rings. The summed E-state index contributed by atoms with van der Waals surface area (Å²) in [4.78, 5) is 11.6. The number of hydrogen-bond acceptors (Lipinski definition) is 3. The van der Waals surface area contributed by atoms with Gasteiger partial charge >= 0.3 is 0 Å². The molecule has 0 aliphatic heterocycles. The molecule has 1 rings (SSSR count). The number of aryl methyl sites for hydroxylation is 1. The van der Waals surface area contributed by atoms with Crippen LogP contribution in [0.2, 0.25) is 0 Å². The number of nitrogens with one attached hydrogen (secondary N) is 1. The Morgan fingerprint density at radius 3 is 2.75 bits per heavy atom. The monoisotopic (exact) mass is 224 g/mol. The van der Waals surface area contributed by atoms with Crippen molar-refractivity contribution in [1.82, 2.24) is 5.32 Å². The summed E-state index contributed by atoms with van der Waals surface area (Å²) < 4.78 is 5.43. The SMILES string of the molecule is CCC(N)CC(=O)NC(C)c1ccc(C)o1. The van der Waals surface area contributed by atoms with E-state index in [1.807, 2.05) is 32.9 Å². The number of carbonyl (C=O) groups excluding carboxylic acids is 1. The average Bonchev–Trinajstić information content (AvgIpc) is 2.64. The quantitative estimate of drug-likeness (QED) is 0.802. The van der Waals surface area contributed by atoms with Gasteiger partial charge < -0.3 is 15.5 Å². The first-order valence-electron chi connectivity index (χ1n) is 5.64. The van der Waals surface area contributed by atoms with E-state index in [9.17, 15) is 4.79 Å². The van der Waals surface area contributed by atoms with Crippen LogP contribution in [0, 0.1) is 6.92 Å². The normalized spacial score (nSPS) is 14.5. The van der Waals surface area contributed by atoms with Crippen LogP contribution in [-0.4, -0.2) is 11.9 Å². The van der Waals surface area contributed by atoms with Gasteiger partial charge in [-0.2, -0.15) is 0 Å². The first-order valence-corrected chi connectivity index (χ1v) is 5.64. The molecule has 2 atom stereocenters. The zero-order valence-corrected chi connectivity index (χ0v) is 10.1. The topological polar surface area (TPSA) is 68.3 Å². The summed E-state index contributed by atoms with van der Waals surface area (Å²) >= 11 is 0. The molecule has 1 amide bonds. The Morgan fingerprint density at radius 2 is 2.25 bits per heavy atom. The Hall–Kier alpha value is -1.29. The summed E-state index contributed by atoms with van der Waals surface area (Å²) in [6, 6.07) is 3.59. The lowest BCUT2D eigenvalue weighted by atomic mass is 10.1. The molecular weight excluding hydrogens is 204 g/mol. The first-order chi connectivity index (χ1) is 7.52. The van der Waals surface area contributed by atoms with E-state index >= 15 is 0 Å². The van der Waals surface area contributed by atoms with Crippen molar-refractivity contribution in [2.24, 2.45) is 5.73 Å². The molecule has 0 aliphatic carbocycles. The molecule has 0 spiro atoms. The highest BCUT2D eigenvalue weighted by atomic mass is 16.3. The molecule has 0 saturated heterocycles. The van der Waals surface area contributed by atoms with Gasteiger partial charge in [0.25, 0.3) is 0 Å². The number of rotatable bonds is 5. The summed E-state index contributed by atoms with van der Waals surface area (Å²) in [5.41, 5.74) is 5.71. The predicted molar refractivity (Wildman–Crippen MR) is 62.9 cm³/mol. The van der Waals surface area contributed by atoms with Gasteiger partial charge in [-0.1, -0.05) is 6.92 Å².